The maximum atomic E-state index is 3.91. The third-order valence-electron chi connectivity index (χ3n) is 2.61. The minimum Gasteiger partial charge on any atom is -0.110 e. The first-order chi connectivity index (χ1) is 8.16. The molecule has 88 valence electrons. The van der Waals surface area contributed by atoms with Crippen molar-refractivity contribution >= 4 is 35.9 Å². The monoisotopic (exact) mass is 368 g/mol. The SMILES string of the molecule is Br[Si](Br)(Cc1ccccc1)Cc1ccccc1. The average molecular weight is 370 g/mol. The van der Waals surface area contributed by atoms with Gasteiger partial charge in [-0.2, -0.15) is 0 Å². The Balaban J connectivity index is 2.04. The standard InChI is InChI=1S/C14H14Br2Si/c15-17(16,11-13-7-3-1-4-8-13)12-14-9-5-2-6-10-14/h1-10H,11-12H2. The highest BCUT2D eigenvalue weighted by molar-refractivity contribution is 9.51. The smallest absolute Gasteiger partial charge is 0.110 e. The van der Waals surface area contributed by atoms with Crippen LogP contribution in [0.5, 0.6) is 0 Å². The second-order valence-electron chi connectivity index (χ2n) is 4.18. The second kappa shape index (κ2) is 5.98. The van der Waals surface area contributed by atoms with Gasteiger partial charge in [0.2, 0.25) is 5.31 Å². The summed E-state index contributed by atoms with van der Waals surface area (Å²) < 4.78 is 0. The van der Waals surface area contributed by atoms with Gasteiger partial charge in [-0.15, -0.1) is 30.6 Å². The summed E-state index contributed by atoms with van der Waals surface area (Å²) in [6.45, 7) is 0. The lowest BCUT2D eigenvalue weighted by Crippen LogP contribution is -2.25. The summed E-state index contributed by atoms with van der Waals surface area (Å²) in [6.07, 6.45) is 0. The summed E-state index contributed by atoms with van der Waals surface area (Å²) in [6, 6.07) is 23.5. The first-order valence-electron chi connectivity index (χ1n) is 5.61. The van der Waals surface area contributed by atoms with E-state index in [1.54, 1.807) is 0 Å². The van der Waals surface area contributed by atoms with Crippen molar-refractivity contribution in [3.05, 3.63) is 71.8 Å². The maximum absolute atomic E-state index is 3.91. The molecule has 0 aliphatic carbocycles. The van der Waals surface area contributed by atoms with E-state index >= 15 is 0 Å². The number of benzene rings is 2. The fourth-order valence-electron chi connectivity index (χ4n) is 1.85. The van der Waals surface area contributed by atoms with Gasteiger partial charge in [0, 0.05) is 0 Å². The zero-order valence-corrected chi connectivity index (χ0v) is 13.6. The van der Waals surface area contributed by atoms with Crippen molar-refractivity contribution in [2.75, 3.05) is 0 Å². The van der Waals surface area contributed by atoms with E-state index in [-0.39, 0.29) is 0 Å². The summed E-state index contributed by atoms with van der Waals surface area (Å²) in [5, 5.41) is -1.56. The van der Waals surface area contributed by atoms with Crippen LogP contribution in [0, 0.1) is 0 Å². The van der Waals surface area contributed by atoms with Gasteiger partial charge in [-0.1, -0.05) is 60.7 Å². The van der Waals surface area contributed by atoms with Crippen molar-refractivity contribution in [2.45, 2.75) is 12.1 Å². The van der Waals surface area contributed by atoms with Crippen molar-refractivity contribution in [1.82, 2.24) is 0 Å². The molecule has 0 aliphatic heterocycles. The van der Waals surface area contributed by atoms with E-state index in [4.69, 9.17) is 0 Å². The number of halogens is 2. The lowest BCUT2D eigenvalue weighted by Gasteiger charge is -2.17. The molecule has 0 amide bonds. The molecule has 17 heavy (non-hydrogen) atoms. The minimum atomic E-state index is -1.56. The van der Waals surface area contributed by atoms with Gasteiger partial charge in [-0.05, 0) is 23.2 Å². The molecule has 0 heterocycles. The number of hydrogen-bond donors (Lipinski definition) is 0. The predicted octanol–water partition coefficient (Wildman–Crippen LogP) is 4.78. The summed E-state index contributed by atoms with van der Waals surface area (Å²) in [7, 11) is 0. The van der Waals surface area contributed by atoms with E-state index in [0.717, 1.165) is 12.1 Å². The quantitative estimate of drug-likeness (QED) is 0.537. The average Bonchev–Trinajstić information content (AvgIpc) is 2.30. The Bertz CT molecular complexity index is 411. The van der Waals surface area contributed by atoms with Gasteiger partial charge in [0.1, 0.15) is 0 Å². The molecule has 0 N–H and O–H groups in total. The van der Waals surface area contributed by atoms with Gasteiger partial charge in [0.15, 0.2) is 0 Å². The third-order valence-corrected chi connectivity index (χ3v) is 7.83. The molecule has 0 saturated carbocycles. The minimum absolute atomic E-state index is 1.10. The Morgan fingerprint density at radius 3 is 1.35 bits per heavy atom. The van der Waals surface area contributed by atoms with E-state index < -0.39 is 5.31 Å². The molecular formula is C14H14Br2Si. The van der Waals surface area contributed by atoms with E-state index in [0.29, 0.717) is 0 Å². The molecule has 0 spiro atoms. The molecule has 0 fully saturated rings. The lowest BCUT2D eigenvalue weighted by atomic mass is 10.2. The van der Waals surface area contributed by atoms with Gasteiger partial charge in [-0.25, -0.2) is 0 Å². The molecule has 0 bridgehead atoms. The first kappa shape index (κ1) is 13.1. The van der Waals surface area contributed by atoms with Crippen LogP contribution in [0.3, 0.4) is 0 Å². The molecular weight excluding hydrogens is 356 g/mol. The van der Waals surface area contributed by atoms with Crippen LogP contribution in [0.25, 0.3) is 0 Å². The van der Waals surface area contributed by atoms with Crippen LogP contribution in [0.1, 0.15) is 11.1 Å². The van der Waals surface area contributed by atoms with Crippen molar-refractivity contribution in [1.29, 1.82) is 0 Å². The summed E-state index contributed by atoms with van der Waals surface area (Å²) in [5.74, 6) is 0. The van der Waals surface area contributed by atoms with Crippen molar-refractivity contribution in [2.24, 2.45) is 0 Å². The molecule has 0 aliphatic rings. The predicted molar refractivity (Wildman–Crippen MR) is 83.9 cm³/mol. The van der Waals surface area contributed by atoms with Gasteiger partial charge < -0.3 is 0 Å². The highest BCUT2D eigenvalue weighted by Gasteiger charge is 2.27. The normalized spacial score (nSPS) is 11.4. The van der Waals surface area contributed by atoms with Crippen LogP contribution < -0.4 is 0 Å². The largest absolute Gasteiger partial charge is 0.209 e. The molecule has 0 nitrogen and oxygen atoms in total. The topological polar surface area (TPSA) is 0 Å². The van der Waals surface area contributed by atoms with Gasteiger partial charge in [-0.3, -0.25) is 0 Å². The van der Waals surface area contributed by atoms with Crippen molar-refractivity contribution in [3.8, 4) is 0 Å². The van der Waals surface area contributed by atoms with Gasteiger partial charge in [0.25, 0.3) is 0 Å². The van der Waals surface area contributed by atoms with Crippen molar-refractivity contribution in [3.63, 3.8) is 0 Å². The van der Waals surface area contributed by atoms with E-state index in [1.807, 2.05) is 0 Å². The van der Waals surface area contributed by atoms with E-state index in [2.05, 4.69) is 91.2 Å². The van der Waals surface area contributed by atoms with Crippen LogP contribution in [0.4, 0.5) is 0 Å². The summed E-state index contributed by atoms with van der Waals surface area (Å²) in [5.41, 5.74) is 2.78. The summed E-state index contributed by atoms with van der Waals surface area (Å²) in [4.78, 5) is 0. The fourth-order valence-corrected chi connectivity index (χ4v) is 7.53. The molecule has 3 heteroatoms. The molecule has 0 radical (unpaired) electrons. The molecule has 2 aromatic carbocycles. The lowest BCUT2D eigenvalue weighted by molar-refractivity contribution is 1.29. The number of rotatable bonds is 4. The van der Waals surface area contributed by atoms with Crippen molar-refractivity contribution < 1.29 is 0 Å². The number of hydrogen-bond acceptors (Lipinski definition) is 0. The van der Waals surface area contributed by atoms with Crippen LogP contribution in [0.15, 0.2) is 60.7 Å². The highest BCUT2D eigenvalue weighted by atomic mass is 79.9. The maximum Gasteiger partial charge on any atom is 0.209 e. The van der Waals surface area contributed by atoms with Gasteiger partial charge in [0.05, 0.1) is 0 Å². The highest BCUT2D eigenvalue weighted by Crippen LogP contribution is 2.29. The molecule has 0 atom stereocenters. The Morgan fingerprint density at radius 2 is 1.00 bits per heavy atom. The Labute approximate surface area is 119 Å². The molecule has 2 rings (SSSR count). The molecule has 2 aromatic rings. The molecule has 0 unspecified atom stereocenters. The van der Waals surface area contributed by atoms with E-state index in [1.165, 1.54) is 11.1 Å². The first-order valence-corrected chi connectivity index (χ1v) is 12.5. The van der Waals surface area contributed by atoms with Crippen LogP contribution in [-0.2, 0) is 12.1 Å². The third kappa shape index (κ3) is 4.41. The van der Waals surface area contributed by atoms with Crippen LogP contribution in [0.2, 0.25) is 0 Å². The van der Waals surface area contributed by atoms with Crippen LogP contribution >= 0.6 is 30.6 Å². The second-order valence-corrected chi connectivity index (χ2v) is 18.9. The zero-order chi connectivity index (χ0) is 12.1. The molecule has 0 aromatic heterocycles. The Kier molecular flexibility index (Phi) is 4.60. The Hall–Kier alpha value is -0.383. The zero-order valence-electron chi connectivity index (χ0n) is 9.44. The van der Waals surface area contributed by atoms with E-state index in [9.17, 15) is 0 Å². The molecule has 0 saturated heterocycles. The van der Waals surface area contributed by atoms with Crippen LogP contribution in [-0.4, -0.2) is 5.31 Å². The van der Waals surface area contributed by atoms with Gasteiger partial charge >= 0.3 is 0 Å². The summed E-state index contributed by atoms with van der Waals surface area (Å²) >= 11 is 7.82. The fraction of sp³-hybridized carbons (Fsp3) is 0.143. The Morgan fingerprint density at radius 1 is 0.647 bits per heavy atom.